The number of likely N-dealkylation sites (tertiary alicyclic amines) is 2. The molecule has 2 unspecified atom stereocenters. The predicted molar refractivity (Wildman–Crippen MR) is 76.6 cm³/mol. The summed E-state index contributed by atoms with van der Waals surface area (Å²) in [4.78, 5) is 48.4. The zero-order valence-corrected chi connectivity index (χ0v) is 16.2. The Balaban J connectivity index is 0. The molecule has 2 fully saturated rings. The van der Waals surface area contributed by atoms with E-state index in [1.165, 1.54) is 14.1 Å². The Morgan fingerprint density at radius 3 is 1.27 bits per heavy atom. The second-order valence-electron chi connectivity index (χ2n) is 4.67. The van der Waals surface area contributed by atoms with Crippen molar-refractivity contribution < 1.29 is 51.9 Å². The van der Waals surface area contributed by atoms with Crippen molar-refractivity contribution in [2.45, 2.75) is 26.7 Å². The van der Waals surface area contributed by atoms with Crippen LogP contribution in [-0.2, 0) is 51.9 Å². The molecule has 123 valence electrons. The molecule has 4 amide bonds. The molecule has 0 aromatic heterocycles. The van der Waals surface area contributed by atoms with E-state index in [0.29, 0.717) is 0 Å². The molecule has 2 atom stereocenters. The van der Waals surface area contributed by atoms with E-state index in [9.17, 15) is 19.2 Å². The van der Waals surface area contributed by atoms with E-state index in [2.05, 4.69) is 0 Å². The van der Waals surface area contributed by atoms with Crippen LogP contribution in [0.2, 0.25) is 0 Å². The Morgan fingerprint density at radius 1 is 0.818 bits per heavy atom. The molecule has 2 heterocycles. The molecule has 9 heteroatoms. The van der Waals surface area contributed by atoms with Crippen LogP contribution < -0.4 is 0 Å². The van der Waals surface area contributed by atoms with Gasteiger partial charge in [-0.3, -0.25) is 29.0 Å². The Kier molecular flexibility index (Phi) is 11.7. The van der Waals surface area contributed by atoms with Crippen molar-refractivity contribution >= 4 is 23.6 Å². The Morgan fingerprint density at radius 2 is 1.09 bits per heavy atom. The van der Waals surface area contributed by atoms with Crippen molar-refractivity contribution in [3.63, 3.8) is 0 Å². The first-order chi connectivity index (χ1) is 9.91. The first kappa shape index (κ1) is 23.6. The van der Waals surface area contributed by atoms with Crippen LogP contribution in [0.5, 0.6) is 0 Å². The second kappa shape index (κ2) is 10.9. The zero-order valence-electron chi connectivity index (χ0n) is 13.4. The third-order valence-electron chi connectivity index (χ3n) is 3.22. The van der Waals surface area contributed by atoms with Gasteiger partial charge in [0.25, 0.3) is 0 Å². The number of amides is 4. The Hall–Kier alpha value is -0.696. The van der Waals surface area contributed by atoms with Crippen LogP contribution in [0.15, 0.2) is 0 Å². The van der Waals surface area contributed by atoms with Gasteiger partial charge in [0.15, 0.2) is 0 Å². The standard InChI is InChI=1S/C11H14N2O4.2CH4N.Y/c1-6-3-8(14)12(10(6)16)5-13-9(15)4-7(2)11(13)17;2*1-2;/h6-7H,3-5H2,1-2H3;2*2H,1H3;/q;2*-1;. The molecule has 0 aliphatic carbocycles. The summed E-state index contributed by atoms with van der Waals surface area (Å²) in [5.74, 6) is -1.96. The van der Waals surface area contributed by atoms with Gasteiger partial charge in [0, 0.05) is 57.4 Å². The SMILES string of the molecule is CC1CC(=O)N(CN2C(=O)CC(C)C2=O)C1=O.C[NH-].C[NH-].[Y]. The van der Waals surface area contributed by atoms with Crippen molar-refractivity contribution in [2.24, 2.45) is 11.8 Å². The molecule has 2 N–H and O–H groups in total. The maximum absolute atomic E-state index is 11.7. The van der Waals surface area contributed by atoms with Crippen LogP contribution >= 0.6 is 0 Å². The molecule has 1 radical (unpaired) electrons. The van der Waals surface area contributed by atoms with Gasteiger partial charge in [-0.1, -0.05) is 13.8 Å². The van der Waals surface area contributed by atoms with Crippen molar-refractivity contribution in [2.75, 3.05) is 20.8 Å². The fraction of sp³-hybridized carbons (Fsp3) is 0.692. The fourth-order valence-corrected chi connectivity index (χ4v) is 2.14. The van der Waals surface area contributed by atoms with E-state index in [1.807, 2.05) is 0 Å². The first-order valence-electron chi connectivity index (χ1n) is 6.60. The maximum atomic E-state index is 11.7. The molecule has 22 heavy (non-hydrogen) atoms. The van der Waals surface area contributed by atoms with Crippen LogP contribution in [-0.4, -0.2) is 54.2 Å². The molecule has 2 aliphatic rings. The average molecular weight is 387 g/mol. The van der Waals surface area contributed by atoms with Gasteiger partial charge >= 0.3 is 0 Å². The Bertz CT molecular complexity index is 392. The summed E-state index contributed by atoms with van der Waals surface area (Å²) in [6.07, 6.45) is 0.315. The van der Waals surface area contributed by atoms with Gasteiger partial charge in [0.05, 0.1) is 0 Å². The summed E-state index contributed by atoms with van der Waals surface area (Å²) < 4.78 is 0. The minimum atomic E-state index is -0.354. The van der Waals surface area contributed by atoms with Crippen molar-refractivity contribution in [1.82, 2.24) is 9.80 Å². The minimum absolute atomic E-state index is 0. The Labute approximate surface area is 155 Å². The summed E-state index contributed by atoms with van der Waals surface area (Å²) in [6, 6.07) is 0. The largest absolute Gasteiger partial charge is 0.680 e. The van der Waals surface area contributed by atoms with E-state index < -0.39 is 0 Å². The summed E-state index contributed by atoms with van der Waals surface area (Å²) in [5, 5.41) is 0. The van der Waals surface area contributed by atoms with Crippen LogP contribution in [0.4, 0.5) is 0 Å². The predicted octanol–water partition coefficient (Wildman–Crippen LogP) is 1.07. The average Bonchev–Trinajstić information content (AvgIpc) is 2.87. The molecule has 0 aromatic rings. The van der Waals surface area contributed by atoms with Gasteiger partial charge in [0.2, 0.25) is 23.6 Å². The van der Waals surface area contributed by atoms with Crippen LogP contribution in [0, 0.1) is 11.8 Å². The monoisotopic (exact) mass is 387 g/mol. The maximum Gasteiger partial charge on any atom is 0.234 e. The summed E-state index contributed by atoms with van der Waals surface area (Å²) in [6.45, 7) is 3.11. The molecular formula is C13H22N4O4Y-2. The molecule has 0 bridgehead atoms. The number of nitrogens with zero attached hydrogens (tertiary/aromatic N) is 2. The first-order valence-corrected chi connectivity index (χ1v) is 6.60. The van der Waals surface area contributed by atoms with Crippen molar-refractivity contribution in [3.8, 4) is 0 Å². The molecule has 2 aliphatic heterocycles. The number of carbonyl (C=O) groups excluding carboxylic acids is 4. The fourth-order valence-electron chi connectivity index (χ4n) is 2.14. The van der Waals surface area contributed by atoms with Gasteiger partial charge in [-0.25, -0.2) is 0 Å². The van der Waals surface area contributed by atoms with E-state index in [1.54, 1.807) is 13.8 Å². The van der Waals surface area contributed by atoms with Crippen LogP contribution in [0.3, 0.4) is 0 Å². The van der Waals surface area contributed by atoms with Gasteiger partial charge in [-0.05, 0) is 0 Å². The zero-order chi connectivity index (χ0) is 16.7. The number of rotatable bonds is 2. The molecule has 0 saturated carbocycles. The van der Waals surface area contributed by atoms with Gasteiger partial charge in [-0.2, -0.15) is 14.1 Å². The number of hydrogen-bond donors (Lipinski definition) is 0. The minimum Gasteiger partial charge on any atom is -0.680 e. The molecule has 2 saturated heterocycles. The van der Waals surface area contributed by atoms with Gasteiger partial charge < -0.3 is 11.5 Å². The van der Waals surface area contributed by atoms with E-state index in [-0.39, 0.29) is 87.7 Å². The third-order valence-corrected chi connectivity index (χ3v) is 3.22. The number of imide groups is 2. The molecule has 8 nitrogen and oxygen atoms in total. The van der Waals surface area contributed by atoms with Crippen molar-refractivity contribution in [1.29, 1.82) is 0 Å². The summed E-state index contributed by atoms with van der Waals surface area (Å²) in [5.41, 5.74) is 11.5. The summed E-state index contributed by atoms with van der Waals surface area (Å²) in [7, 11) is 2.50. The second-order valence-corrected chi connectivity index (χ2v) is 4.67. The van der Waals surface area contributed by atoms with E-state index in [4.69, 9.17) is 11.5 Å². The number of nitrogens with one attached hydrogen (secondary N) is 2. The van der Waals surface area contributed by atoms with E-state index >= 15 is 0 Å². The smallest absolute Gasteiger partial charge is 0.234 e. The third kappa shape index (κ3) is 5.19. The van der Waals surface area contributed by atoms with Gasteiger partial charge in [-0.15, -0.1) is 0 Å². The van der Waals surface area contributed by atoms with Crippen LogP contribution in [0.25, 0.3) is 11.5 Å². The van der Waals surface area contributed by atoms with E-state index in [0.717, 1.165) is 9.80 Å². The van der Waals surface area contributed by atoms with Crippen molar-refractivity contribution in [3.05, 3.63) is 11.5 Å². The van der Waals surface area contributed by atoms with Crippen LogP contribution in [0.1, 0.15) is 26.7 Å². The molecular weight excluding hydrogens is 365 g/mol. The molecule has 0 aromatic carbocycles. The topological polar surface area (TPSA) is 122 Å². The number of carbonyl (C=O) groups is 4. The molecule has 2 rings (SSSR count). The number of hydrogen-bond acceptors (Lipinski definition) is 4. The summed E-state index contributed by atoms with van der Waals surface area (Å²) >= 11 is 0. The molecule has 0 spiro atoms. The quantitative estimate of drug-likeness (QED) is 0.658. The normalized spacial score (nSPS) is 23.5. The van der Waals surface area contributed by atoms with Gasteiger partial charge in [0.1, 0.15) is 6.67 Å².